The van der Waals surface area contributed by atoms with Crippen LogP contribution in [-0.4, -0.2) is 29.3 Å². The van der Waals surface area contributed by atoms with Gasteiger partial charge >= 0.3 is 0 Å². The maximum Gasteiger partial charge on any atom is 0.270 e. The van der Waals surface area contributed by atoms with Crippen molar-refractivity contribution in [2.45, 2.75) is 6.92 Å². The summed E-state index contributed by atoms with van der Waals surface area (Å²) in [7, 11) is 0. The summed E-state index contributed by atoms with van der Waals surface area (Å²) in [5, 5.41) is 3.17. The fourth-order valence-corrected chi connectivity index (χ4v) is 5.09. The standard InChI is InChI=1S/C26H19Cl2FN2O4S2/c1-2-34-21-12-15(13-22-25(33)31(26(36)37-22)17-9-7-16(27)8-10-17)11-18(28)24(21)35-14-23(32)30-20-6-4-3-5-19(20)29/h3-13H,2,14H2,1H3,(H,30,32)/b22-13-. The molecule has 3 aromatic carbocycles. The van der Waals surface area contributed by atoms with Gasteiger partial charge in [0.25, 0.3) is 11.8 Å². The number of carbonyl (C=O) groups is 2. The third-order valence-electron chi connectivity index (χ3n) is 5.00. The number of thiocarbonyl (C=S) groups is 1. The summed E-state index contributed by atoms with van der Waals surface area (Å²) in [6, 6.07) is 15.8. The highest BCUT2D eigenvalue weighted by molar-refractivity contribution is 8.27. The largest absolute Gasteiger partial charge is 0.490 e. The number of nitrogens with zero attached hydrogens (tertiary/aromatic N) is 1. The Morgan fingerprint density at radius 1 is 1.14 bits per heavy atom. The third-order valence-corrected chi connectivity index (χ3v) is 6.84. The average Bonchev–Trinajstić information content (AvgIpc) is 3.13. The van der Waals surface area contributed by atoms with Crippen LogP contribution < -0.4 is 19.7 Å². The molecule has 0 radical (unpaired) electrons. The Morgan fingerprint density at radius 3 is 2.57 bits per heavy atom. The number of amides is 2. The SMILES string of the molecule is CCOc1cc(/C=C2\SC(=S)N(c3ccc(Cl)cc3)C2=O)cc(Cl)c1OCC(=O)Nc1ccccc1F. The van der Waals surface area contributed by atoms with E-state index in [1.54, 1.807) is 55.5 Å². The van der Waals surface area contributed by atoms with Crippen molar-refractivity contribution in [1.29, 1.82) is 0 Å². The van der Waals surface area contributed by atoms with E-state index in [0.717, 1.165) is 11.8 Å². The average molecular weight is 577 g/mol. The van der Waals surface area contributed by atoms with Crippen LogP contribution in [0.25, 0.3) is 6.08 Å². The molecule has 190 valence electrons. The molecule has 0 aromatic heterocycles. The van der Waals surface area contributed by atoms with E-state index >= 15 is 0 Å². The Labute approximate surface area is 232 Å². The summed E-state index contributed by atoms with van der Waals surface area (Å²) in [4.78, 5) is 27.2. The summed E-state index contributed by atoms with van der Waals surface area (Å²) in [6.45, 7) is 1.66. The predicted octanol–water partition coefficient (Wildman–Crippen LogP) is 6.95. The molecule has 11 heteroatoms. The summed E-state index contributed by atoms with van der Waals surface area (Å²) >= 11 is 19.0. The Bertz CT molecular complexity index is 1400. The lowest BCUT2D eigenvalue weighted by molar-refractivity contribution is -0.118. The maximum atomic E-state index is 13.8. The van der Waals surface area contributed by atoms with E-state index in [0.29, 0.717) is 32.1 Å². The first-order valence-electron chi connectivity index (χ1n) is 10.9. The van der Waals surface area contributed by atoms with E-state index in [1.165, 1.54) is 23.1 Å². The molecule has 0 unspecified atom stereocenters. The van der Waals surface area contributed by atoms with Gasteiger partial charge in [-0.05, 0) is 67.1 Å². The molecule has 0 spiro atoms. The predicted molar refractivity (Wildman–Crippen MR) is 150 cm³/mol. The molecule has 1 aliphatic rings. The van der Waals surface area contributed by atoms with Gasteiger partial charge in [0.05, 0.1) is 27.9 Å². The van der Waals surface area contributed by atoms with Gasteiger partial charge in [0.2, 0.25) is 0 Å². The molecule has 4 rings (SSSR count). The zero-order valence-electron chi connectivity index (χ0n) is 19.3. The van der Waals surface area contributed by atoms with E-state index in [1.807, 2.05) is 0 Å². The zero-order valence-corrected chi connectivity index (χ0v) is 22.4. The molecule has 0 aliphatic carbocycles. The number of ether oxygens (including phenoxy) is 2. The summed E-state index contributed by atoms with van der Waals surface area (Å²) < 4.78 is 25.5. The van der Waals surface area contributed by atoms with Crippen LogP contribution in [0.2, 0.25) is 10.0 Å². The van der Waals surface area contributed by atoms with E-state index in [4.69, 9.17) is 44.9 Å². The van der Waals surface area contributed by atoms with Crippen LogP contribution in [0.5, 0.6) is 11.5 Å². The number of carbonyl (C=O) groups excluding carboxylic acids is 2. The molecule has 1 saturated heterocycles. The Balaban J connectivity index is 1.53. The number of rotatable bonds is 8. The van der Waals surface area contributed by atoms with Gasteiger partial charge in [-0.2, -0.15) is 0 Å². The van der Waals surface area contributed by atoms with Crippen LogP contribution in [0.1, 0.15) is 12.5 Å². The lowest BCUT2D eigenvalue weighted by Gasteiger charge is -2.15. The van der Waals surface area contributed by atoms with E-state index in [-0.39, 0.29) is 28.1 Å². The van der Waals surface area contributed by atoms with E-state index < -0.39 is 18.3 Å². The summed E-state index contributed by atoms with van der Waals surface area (Å²) in [5.74, 6) is -0.976. The number of hydrogen-bond acceptors (Lipinski definition) is 6. The van der Waals surface area contributed by atoms with Gasteiger partial charge < -0.3 is 14.8 Å². The molecule has 1 N–H and O–H groups in total. The monoisotopic (exact) mass is 576 g/mol. The van der Waals surface area contributed by atoms with Gasteiger partial charge in [0, 0.05) is 5.02 Å². The molecule has 0 bridgehead atoms. The molecule has 3 aromatic rings. The molecule has 1 fully saturated rings. The maximum absolute atomic E-state index is 13.8. The van der Waals surface area contributed by atoms with Gasteiger partial charge in [0.15, 0.2) is 22.4 Å². The van der Waals surface area contributed by atoms with Crippen molar-refractivity contribution in [1.82, 2.24) is 0 Å². The van der Waals surface area contributed by atoms with E-state index in [9.17, 15) is 14.0 Å². The van der Waals surface area contributed by atoms with Gasteiger partial charge in [-0.25, -0.2) is 4.39 Å². The van der Waals surface area contributed by atoms with Gasteiger partial charge in [-0.3, -0.25) is 14.5 Å². The van der Waals surface area contributed by atoms with Crippen LogP contribution in [0.15, 0.2) is 65.6 Å². The van der Waals surface area contributed by atoms with Crippen molar-refractivity contribution >= 4 is 80.8 Å². The second kappa shape index (κ2) is 12.0. The van der Waals surface area contributed by atoms with Crippen molar-refractivity contribution in [3.8, 4) is 11.5 Å². The first-order valence-corrected chi connectivity index (χ1v) is 12.9. The molecule has 1 aliphatic heterocycles. The normalized spacial score (nSPS) is 14.3. The highest BCUT2D eigenvalue weighted by atomic mass is 35.5. The van der Waals surface area contributed by atoms with Crippen LogP contribution in [0.3, 0.4) is 0 Å². The molecule has 6 nitrogen and oxygen atoms in total. The fourth-order valence-electron chi connectivity index (χ4n) is 3.39. The second-order valence-electron chi connectivity index (χ2n) is 7.57. The molecule has 37 heavy (non-hydrogen) atoms. The fraction of sp³-hybridized carbons (Fsp3) is 0.115. The van der Waals surface area contributed by atoms with Gasteiger partial charge in [-0.1, -0.05) is 59.3 Å². The van der Waals surface area contributed by atoms with Crippen molar-refractivity contribution in [3.63, 3.8) is 0 Å². The Kier molecular flexibility index (Phi) is 8.71. The minimum Gasteiger partial charge on any atom is -0.490 e. The van der Waals surface area contributed by atoms with Crippen molar-refractivity contribution in [2.24, 2.45) is 0 Å². The van der Waals surface area contributed by atoms with Gasteiger partial charge in [-0.15, -0.1) is 0 Å². The minimum absolute atomic E-state index is 0.0403. The molecular formula is C26H19Cl2FN2O4S2. The molecular weight excluding hydrogens is 558 g/mol. The number of nitrogens with one attached hydrogen (secondary N) is 1. The minimum atomic E-state index is -0.571. The number of para-hydroxylation sites is 1. The van der Waals surface area contributed by atoms with Gasteiger partial charge in [0.1, 0.15) is 5.82 Å². The molecule has 1 heterocycles. The number of anilines is 2. The zero-order chi connectivity index (χ0) is 26.5. The van der Waals surface area contributed by atoms with Crippen LogP contribution >= 0.6 is 47.2 Å². The van der Waals surface area contributed by atoms with E-state index in [2.05, 4.69) is 5.32 Å². The Morgan fingerprint density at radius 2 is 1.86 bits per heavy atom. The first kappa shape index (κ1) is 26.9. The number of hydrogen-bond donors (Lipinski definition) is 1. The smallest absolute Gasteiger partial charge is 0.270 e. The molecule has 0 saturated carbocycles. The highest BCUT2D eigenvalue weighted by Crippen LogP contribution is 2.40. The van der Waals surface area contributed by atoms with Crippen LogP contribution in [0, 0.1) is 5.82 Å². The van der Waals surface area contributed by atoms with Crippen LogP contribution in [-0.2, 0) is 9.59 Å². The number of halogens is 3. The Hall–Kier alpha value is -3.11. The third kappa shape index (κ3) is 6.42. The number of thioether (sulfide) groups is 1. The first-order chi connectivity index (χ1) is 17.8. The lowest BCUT2D eigenvalue weighted by atomic mass is 10.1. The highest BCUT2D eigenvalue weighted by Gasteiger charge is 2.33. The second-order valence-corrected chi connectivity index (χ2v) is 10.1. The summed E-state index contributed by atoms with van der Waals surface area (Å²) in [6.07, 6.45) is 1.65. The number of benzene rings is 3. The molecule has 0 atom stereocenters. The lowest BCUT2D eigenvalue weighted by Crippen LogP contribution is -2.27. The van der Waals surface area contributed by atoms with Crippen molar-refractivity contribution in [2.75, 3.05) is 23.4 Å². The van der Waals surface area contributed by atoms with Crippen molar-refractivity contribution in [3.05, 3.63) is 87.0 Å². The summed E-state index contributed by atoms with van der Waals surface area (Å²) in [5.41, 5.74) is 1.23. The quantitative estimate of drug-likeness (QED) is 0.231. The van der Waals surface area contributed by atoms with Crippen molar-refractivity contribution < 1.29 is 23.5 Å². The topological polar surface area (TPSA) is 67.9 Å². The van der Waals surface area contributed by atoms with Crippen LogP contribution in [0.4, 0.5) is 15.8 Å². The molecule has 2 amide bonds.